The molecule has 0 atom stereocenters. The monoisotopic (exact) mass is 272 g/mol. The van der Waals surface area contributed by atoms with Crippen LogP contribution in [0.15, 0.2) is 18.2 Å². The number of aromatic amines is 1. The summed E-state index contributed by atoms with van der Waals surface area (Å²) in [4.78, 5) is 10.6. The number of hydrogen-bond acceptors (Lipinski definition) is 4. The summed E-state index contributed by atoms with van der Waals surface area (Å²) in [6.07, 6.45) is 0. The number of halogens is 2. The molecule has 0 radical (unpaired) electrons. The molecule has 0 spiro atoms. The second-order valence-corrected chi connectivity index (χ2v) is 4.17. The van der Waals surface area contributed by atoms with Crippen LogP contribution < -0.4 is 5.73 Å². The summed E-state index contributed by atoms with van der Waals surface area (Å²) in [7, 11) is 0. The molecule has 0 aliphatic heterocycles. The molecular weight excluding hydrogens is 267 g/mol. The summed E-state index contributed by atoms with van der Waals surface area (Å²) in [6.45, 7) is 0. The Hall–Kier alpha value is -1.17. The van der Waals surface area contributed by atoms with Crippen molar-refractivity contribution in [3.63, 3.8) is 0 Å². The van der Waals surface area contributed by atoms with E-state index in [0.29, 0.717) is 15.9 Å². The Morgan fingerprint density at radius 1 is 1.19 bits per heavy atom. The fourth-order valence-electron chi connectivity index (χ4n) is 1.18. The van der Waals surface area contributed by atoms with Gasteiger partial charge in [0, 0.05) is 5.56 Å². The Kier molecular flexibility index (Phi) is 3.09. The van der Waals surface area contributed by atoms with Crippen LogP contribution in [0.5, 0.6) is 0 Å². The fourth-order valence-corrected chi connectivity index (χ4v) is 1.67. The lowest BCUT2D eigenvalue weighted by atomic mass is 10.2. The number of nitrogens with two attached hydrogens (primary N) is 1. The van der Waals surface area contributed by atoms with Crippen molar-refractivity contribution in [1.29, 1.82) is 0 Å². The minimum Gasteiger partial charge on any atom is -0.369 e. The van der Waals surface area contributed by atoms with Gasteiger partial charge in [-0.15, -0.1) is 0 Å². The van der Waals surface area contributed by atoms with Gasteiger partial charge in [0.25, 0.3) is 0 Å². The van der Waals surface area contributed by atoms with E-state index in [1.165, 1.54) is 0 Å². The fraction of sp³-hybridized carbons (Fsp3) is 0. The Bertz CT molecular complexity index is 596. The van der Waals surface area contributed by atoms with Crippen LogP contribution in [0.2, 0.25) is 10.0 Å². The summed E-state index contributed by atoms with van der Waals surface area (Å²) in [5.74, 6) is 0.720. The molecule has 16 heavy (non-hydrogen) atoms. The molecular formula is C9H6Cl2N4S. The van der Waals surface area contributed by atoms with Crippen LogP contribution in [0.4, 0.5) is 5.95 Å². The van der Waals surface area contributed by atoms with Gasteiger partial charge in [0.2, 0.25) is 10.7 Å². The normalized spacial score (nSPS) is 10.4. The molecule has 1 heterocycles. The van der Waals surface area contributed by atoms with Crippen LogP contribution in [0, 0.1) is 4.77 Å². The third-order valence-electron chi connectivity index (χ3n) is 1.86. The highest BCUT2D eigenvalue weighted by molar-refractivity contribution is 7.71. The molecule has 0 amide bonds. The van der Waals surface area contributed by atoms with E-state index >= 15 is 0 Å². The first kappa shape index (κ1) is 11.3. The molecule has 1 aromatic heterocycles. The van der Waals surface area contributed by atoms with Crippen molar-refractivity contribution < 1.29 is 0 Å². The van der Waals surface area contributed by atoms with Gasteiger partial charge in [-0.3, -0.25) is 0 Å². The molecule has 2 rings (SSSR count). The highest BCUT2D eigenvalue weighted by Gasteiger charge is 2.04. The molecule has 82 valence electrons. The maximum Gasteiger partial charge on any atom is 0.224 e. The van der Waals surface area contributed by atoms with Crippen molar-refractivity contribution in [2.24, 2.45) is 0 Å². The number of nitrogens with zero attached hydrogens (tertiary/aromatic N) is 2. The number of aromatic nitrogens is 3. The van der Waals surface area contributed by atoms with E-state index in [2.05, 4.69) is 15.0 Å². The van der Waals surface area contributed by atoms with E-state index in [1.54, 1.807) is 18.2 Å². The minimum atomic E-state index is 0.178. The Morgan fingerprint density at radius 2 is 1.94 bits per heavy atom. The largest absolute Gasteiger partial charge is 0.369 e. The van der Waals surface area contributed by atoms with Crippen LogP contribution in [0.25, 0.3) is 11.4 Å². The molecule has 0 aliphatic rings. The van der Waals surface area contributed by atoms with Gasteiger partial charge >= 0.3 is 0 Å². The predicted molar refractivity (Wildman–Crippen MR) is 67.1 cm³/mol. The summed E-state index contributed by atoms with van der Waals surface area (Å²) >= 11 is 16.6. The van der Waals surface area contributed by atoms with E-state index in [1.807, 2.05) is 0 Å². The smallest absolute Gasteiger partial charge is 0.224 e. The highest BCUT2D eigenvalue weighted by atomic mass is 35.5. The lowest BCUT2D eigenvalue weighted by Gasteiger charge is -2.03. The maximum atomic E-state index is 5.90. The molecule has 7 heteroatoms. The molecule has 3 N–H and O–H groups in total. The van der Waals surface area contributed by atoms with E-state index in [0.717, 1.165) is 5.56 Å². The Morgan fingerprint density at radius 3 is 2.56 bits per heavy atom. The van der Waals surface area contributed by atoms with Crippen LogP contribution in [-0.2, 0) is 0 Å². The lowest BCUT2D eigenvalue weighted by Crippen LogP contribution is -1.99. The molecule has 2 aromatic rings. The molecule has 0 saturated heterocycles. The molecule has 0 fully saturated rings. The zero-order chi connectivity index (χ0) is 11.7. The van der Waals surface area contributed by atoms with Crippen LogP contribution in [0.1, 0.15) is 0 Å². The van der Waals surface area contributed by atoms with Crippen LogP contribution >= 0.6 is 35.4 Å². The van der Waals surface area contributed by atoms with E-state index in [9.17, 15) is 0 Å². The predicted octanol–water partition coefficient (Wildman–Crippen LogP) is 3.09. The zero-order valence-corrected chi connectivity index (χ0v) is 10.2. The first-order chi connectivity index (χ1) is 7.56. The molecule has 0 unspecified atom stereocenters. The van der Waals surface area contributed by atoms with Crippen molar-refractivity contribution in [1.82, 2.24) is 15.0 Å². The average molecular weight is 273 g/mol. The first-order valence-corrected chi connectivity index (χ1v) is 5.42. The van der Waals surface area contributed by atoms with Gasteiger partial charge in [0.1, 0.15) is 5.82 Å². The third kappa shape index (κ3) is 2.32. The average Bonchev–Trinajstić information content (AvgIpc) is 2.20. The van der Waals surface area contributed by atoms with Crippen molar-refractivity contribution in [2.45, 2.75) is 0 Å². The summed E-state index contributed by atoms with van der Waals surface area (Å²) in [6, 6.07) is 5.12. The molecule has 4 nitrogen and oxygen atoms in total. The number of anilines is 1. The minimum absolute atomic E-state index is 0.178. The van der Waals surface area contributed by atoms with Crippen LogP contribution in [0.3, 0.4) is 0 Å². The Balaban J connectivity index is 2.58. The number of nitrogens with one attached hydrogen (secondary N) is 1. The zero-order valence-electron chi connectivity index (χ0n) is 7.87. The van der Waals surface area contributed by atoms with Crippen molar-refractivity contribution in [2.75, 3.05) is 5.73 Å². The third-order valence-corrected chi connectivity index (χ3v) is 2.78. The van der Waals surface area contributed by atoms with Crippen LogP contribution in [-0.4, -0.2) is 15.0 Å². The molecule has 0 bridgehead atoms. The second-order valence-electron chi connectivity index (χ2n) is 2.99. The van der Waals surface area contributed by atoms with Gasteiger partial charge in [0.05, 0.1) is 10.0 Å². The Labute approximate surface area is 106 Å². The maximum absolute atomic E-state index is 5.90. The lowest BCUT2D eigenvalue weighted by molar-refractivity contribution is 1.05. The van der Waals surface area contributed by atoms with E-state index < -0.39 is 0 Å². The first-order valence-electron chi connectivity index (χ1n) is 4.25. The standard InChI is InChI=1S/C9H6Cl2N4S/c10-5-2-1-4(3-6(5)11)7-13-8(12)15-9(16)14-7/h1-3H,(H3,12,13,14,15,16). The second kappa shape index (κ2) is 4.37. The van der Waals surface area contributed by atoms with Crippen molar-refractivity contribution in [3.05, 3.63) is 33.0 Å². The summed E-state index contributed by atoms with van der Waals surface area (Å²) in [5.41, 5.74) is 6.28. The van der Waals surface area contributed by atoms with Crippen molar-refractivity contribution in [3.8, 4) is 11.4 Å². The highest BCUT2D eigenvalue weighted by Crippen LogP contribution is 2.26. The van der Waals surface area contributed by atoms with Gasteiger partial charge in [0.15, 0.2) is 0 Å². The summed E-state index contributed by atoms with van der Waals surface area (Å²) in [5, 5.41) is 0.918. The number of nitrogen functional groups attached to an aromatic ring is 1. The van der Waals surface area contributed by atoms with Gasteiger partial charge < -0.3 is 10.7 Å². The molecule has 0 saturated carbocycles. The number of H-pyrrole nitrogens is 1. The topological polar surface area (TPSA) is 67.6 Å². The van der Waals surface area contributed by atoms with Crippen molar-refractivity contribution >= 4 is 41.4 Å². The SMILES string of the molecule is Nc1nc(=S)nc(-c2ccc(Cl)c(Cl)c2)[nH]1. The van der Waals surface area contributed by atoms with E-state index in [-0.39, 0.29) is 10.7 Å². The number of hydrogen-bond donors (Lipinski definition) is 2. The van der Waals surface area contributed by atoms with Gasteiger partial charge in [-0.05, 0) is 30.4 Å². The quantitative estimate of drug-likeness (QED) is 0.783. The molecule has 0 aliphatic carbocycles. The van der Waals surface area contributed by atoms with Gasteiger partial charge in [-0.1, -0.05) is 23.2 Å². The number of benzene rings is 1. The number of rotatable bonds is 1. The van der Waals surface area contributed by atoms with Gasteiger partial charge in [-0.25, -0.2) is 4.98 Å². The van der Waals surface area contributed by atoms with E-state index in [4.69, 9.17) is 41.2 Å². The molecule has 1 aromatic carbocycles. The van der Waals surface area contributed by atoms with Gasteiger partial charge in [-0.2, -0.15) is 4.98 Å². The summed E-state index contributed by atoms with van der Waals surface area (Å²) < 4.78 is 0.178.